The van der Waals surface area contributed by atoms with Crippen LogP contribution in [0.2, 0.25) is 10.0 Å². The number of halogens is 4. The number of hydrogen-bond acceptors (Lipinski definition) is 6. The molecule has 0 amide bonds. The van der Waals surface area contributed by atoms with Crippen molar-refractivity contribution < 1.29 is 18.6 Å². The average molecular weight is 473 g/mol. The number of hydrogen-bond donors (Lipinski definition) is 4. The molecule has 1 aromatic heterocycles. The number of rotatable bonds is 6. The number of nitrogens with one attached hydrogen (secondary N) is 3. The summed E-state index contributed by atoms with van der Waals surface area (Å²) in [5.41, 5.74) is -0.168. The first-order chi connectivity index (χ1) is 14.2. The molecule has 3 rings (SSSR count). The van der Waals surface area contributed by atoms with Gasteiger partial charge in [0.2, 0.25) is 5.88 Å². The zero-order chi connectivity index (χ0) is 22.0. The SMILES string of the molecule is CC(C)NC(=N)c1c(O)nsc1Nc1cc(F)c(Oc2cc(Cl)ccc2Cl)cc1F. The van der Waals surface area contributed by atoms with E-state index in [2.05, 4.69) is 15.0 Å². The number of amidine groups is 1. The highest BCUT2D eigenvalue weighted by Gasteiger charge is 2.21. The first-order valence-corrected chi connectivity index (χ1v) is 10.1. The summed E-state index contributed by atoms with van der Waals surface area (Å²) in [5, 5.41) is 24.2. The van der Waals surface area contributed by atoms with Crippen molar-refractivity contribution in [3.05, 3.63) is 57.6 Å². The van der Waals surface area contributed by atoms with Crippen LogP contribution >= 0.6 is 34.7 Å². The summed E-state index contributed by atoms with van der Waals surface area (Å²) in [6, 6.07) is 6.06. The molecule has 1 heterocycles. The van der Waals surface area contributed by atoms with Gasteiger partial charge >= 0.3 is 0 Å². The second kappa shape index (κ2) is 9.03. The van der Waals surface area contributed by atoms with E-state index in [1.54, 1.807) is 0 Å². The molecule has 3 aromatic rings. The lowest BCUT2D eigenvalue weighted by Crippen LogP contribution is -2.30. The van der Waals surface area contributed by atoms with Crippen molar-refractivity contribution >= 4 is 51.3 Å². The largest absolute Gasteiger partial charge is 0.492 e. The van der Waals surface area contributed by atoms with Crippen LogP contribution in [-0.4, -0.2) is 21.4 Å². The highest BCUT2D eigenvalue weighted by molar-refractivity contribution is 7.11. The molecule has 4 N–H and O–H groups in total. The third-order valence-corrected chi connectivity index (χ3v) is 5.04. The summed E-state index contributed by atoms with van der Waals surface area (Å²) < 4.78 is 38.3. The Hall–Kier alpha value is -2.62. The lowest BCUT2D eigenvalue weighted by atomic mass is 10.2. The van der Waals surface area contributed by atoms with Crippen LogP contribution in [0.4, 0.5) is 19.5 Å². The van der Waals surface area contributed by atoms with Crippen molar-refractivity contribution in [1.29, 1.82) is 5.41 Å². The monoisotopic (exact) mass is 472 g/mol. The second-order valence-corrected chi connectivity index (χ2v) is 8.07. The summed E-state index contributed by atoms with van der Waals surface area (Å²) in [4.78, 5) is 0. The van der Waals surface area contributed by atoms with Crippen LogP contribution in [0.25, 0.3) is 0 Å². The van der Waals surface area contributed by atoms with E-state index in [0.29, 0.717) is 5.02 Å². The Morgan fingerprint density at radius 2 is 1.90 bits per heavy atom. The Labute approximate surface area is 185 Å². The third-order valence-electron chi connectivity index (χ3n) is 3.74. The number of aromatic hydroxyl groups is 1. The van der Waals surface area contributed by atoms with Crippen molar-refractivity contribution in [3.8, 4) is 17.4 Å². The van der Waals surface area contributed by atoms with Crippen molar-refractivity contribution in [2.24, 2.45) is 0 Å². The molecule has 2 aromatic carbocycles. The minimum absolute atomic E-state index is 0.0551. The van der Waals surface area contributed by atoms with Gasteiger partial charge in [-0.05, 0) is 37.5 Å². The highest BCUT2D eigenvalue weighted by atomic mass is 35.5. The molecule has 30 heavy (non-hydrogen) atoms. The average Bonchev–Trinajstić information content (AvgIpc) is 3.02. The summed E-state index contributed by atoms with van der Waals surface area (Å²) in [7, 11) is 0. The van der Waals surface area contributed by atoms with Crippen molar-refractivity contribution in [3.63, 3.8) is 0 Å². The van der Waals surface area contributed by atoms with E-state index in [9.17, 15) is 13.9 Å². The molecule has 0 saturated carbocycles. The van der Waals surface area contributed by atoms with Crippen LogP contribution in [0.3, 0.4) is 0 Å². The fourth-order valence-corrected chi connectivity index (χ4v) is 3.48. The third kappa shape index (κ3) is 4.92. The van der Waals surface area contributed by atoms with Gasteiger partial charge in [-0.3, -0.25) is 5.41 Å². The number of nitrogens with zero attached hydrogens (tertiary/aromatic N) is 1. The van der Waals surface area contributed by atoms with E-state index in [-0.39, 0.29) is 44.7 Å². The standard InChI is InChI=1S/C19H16Cl2F2N4O2S/c1-8(2)25-17(24)16-18(28)27-30-19(16)26-13-6-12(23)15(7-11(13)22)29-14-5-9(20)3-4-10(14)21/h3-8,26H,1-2H3,(H2,24,25)(H,27,28). The summed E-state index contributed by atoms with van der Waals surface area (Å²) >= 11 is 12.7. The molecule has 0 atom stereocenters. The molecule has 0 aliphatic carbocycles. The minimum Gasteiger partial charge on any atom is -0.492 e. The van der Waals surface area contributed by atoms with Crippen LogP contribution in [-0.2, 0) is 0 Å². The zero-order valence-corrected chi connectivity index (χ0v) is 18.0. The van der Waals surface area contributed by atoms with E-state index >= 15 is 0 Å². The van der Waals surface area contributed by atoms with Gasteiger partial charge in [-0.1, -0.05) is 23.2 Å². The van der Waals surface area contributed by atoms with E-state index in [1.807, 2.05) is 13.8 Å². The molecule has 0 bridgehead atoms. The minimum atomic E-state index is -0.861. The van der Waals surface area contributed by atoms with Crippen molar-refractivity contribution in [1.82, 2.24) is 9.69 Å². The Morgan fingerprint density at radius 1 is 1.17 bits per heavy atom. The van der Waals surface area contributed by atoms with Crippen molar-refractivity contribution in [2.45, 2.75) is 19.9 Å². The van der Waals surface area contributed by atoms with Crippen LogP contribution in [0, 0.1) is 17.0 Å². The molecule has 0 aliphatic heterocycles. The fraction of sp³-hybridized carbons (Fsp3) is 0.158. The van der Waals surface area contributed by atoms with Gasteiger partial charge in [-0.15, -0.1) is 0 Å². The second-order valence-electron chi connectivity index (χ2n) is 6.45. The van der Waals surface area contributed by atoms with E-state index in [0.717, 1.165) is 23.7 Å². The Kier molecular flexibility index (Phi) is 6.64. The van der Waals surface area contributed by atoms with Gasteiger partial charge in [0.1, 0.15) is 22.1 Å². The molecule has 0 fully saturated rings. The molecule has 0 unspecified atom stereocenters. The maximum absolute atomic E-state index is 14.6. The predicted molar refractivity (Wildman–Crippen MR) is 115 cm³/mol. The van der Waals surface area contributed by atoms with E-state index in [1.165, 1.54) is 18.2 Å². The van der Waals surface area contributed by atoms with Gasteiger partial charge in [0, 0.05) is 29.3 Å². The van der Waals surface area contributed by atoms with Gasteiger partial charge in [0.25, 0.3) is 0 Å². The normalized spacial score (nSPS) is 10.9. The molecule has 0 saturated heterocycles. The molecule has 11 heteroatoms. The Balaban J connectivity index is 1.88. The Bertz CT molecular complexity index is 1110. The molecule has 158 valence electrons. The Morgan fingerprint density at radius 3 is 2.60 bits per heavy atom. The topological polar surface area (TPSA) is 90.3 Å². The maximum atomic E-state index is 14.6. The van der Waals surface area contributed by atoms with Gasteiger partial charge in [-0.25, -0.2) is 8.78 Å². The summed E-state index contributed by atoms with van der Waals surface area (Å²) in [6.07, 6.45) is 0. The maximum Gasteiger partial charge on any atom is 0.236 e. The molecule has 0 aliphatic rings. The van der Waals surface area contributed by atoms with Gasteiger partial charge in [0.15, 0.2) is 17.4 Å². The molecular weight excluding hydrogens is 457 g/mol. The van der Waals surface area contributed by atoms with Crippen LogP contribution in [0.5, 0.6) is 17.4 Å². The van der Waals surface area contributed by atoms with Crippen LogP contribution in [0.1, 0.15) is 19.4 Å². The number of anilines is 2. The van der Waals surface area contributed by atoms with E-state index in [4.69, 9.17) is 33.3 Å². The number of aromatic nitrogens is 1. The fourth-order valence-electron chi connectivity index (χ4n) is 2.45. The highest BCUT2D eigenvalue weighted by Crippen LogP contribution is 2.37. The molecule has 0 radical (unpaired) electrons. The van der Waals surface area contributed by atoms with Crippen LogP contribution in [0.15, 0.2) is 30.3 Å². The van der Waals surface area contributed by atoms with E-state index < -0.39 is 17.5 Å². The summed E-state index contributed by atoms with van der Waals surface area (Å²) in [5.74, 6) is -2.49. The molecular formula is C19H16Cl2F2N4O2S. The first-order valence-electron chi connectivity index (χ1n) is 8.58. The molecule has 6 nitrogen and oxygen atoms in total. The first kappa shape index (κ1) is 22.1. The smallest absolute Gasteiger partial charge is 0.236 e. The van der Waals surface area contributed by atoms with Crippen LogP contribution < -0.4 is 15.4 Å². The molecule has 0 spiro atoms. The van der Waals surface area contributed by atoms with Crippen molar-refractivity contribution in [2.75, 3.05) is 5.32 Å². The zero-order valence-electron chi connectivity index (χ0n) is 15.7. The number of benzene rings is 2. The lowest BCUT2D eigenvalue weighted by Gasteiger charge is -2.14. The van der Waals surface area contributed by atoms with Gasteiger partial charge in [-0.2, -0.15) is 4.37 Å². The van der Waals surface area contributed by atoms with Gasteiger partial charge < -0.3 is 20.5 Å². The lowest BCUT2D eigenvalue weighted by molar-refractivity contribution is 0.437. The number of ether oxygens (including phenoxy) is 1. The summed E-state index contributed by atoms with van der Waals surface area (Å²) in [6.45, 7) is 3.64. The quantitative estimate of drug-likeness (QED) is 0.250. The van der Waals surface area contributed by atoms with Gasteiger partial charge in [0.05, 0.1) is 10.7 Å². The predicted octanol–water partition coefficient (Wildman–Crippen LogP) is 6.29.